The Bertz CT molecular complexity index is 856. The van der Waals surface area contributed by atoms with Gasteiger partial charge in [0.25, 0.3) is 11.6 Å². The molecule has 0 aromatic heterocycles. The number of anilines is 2. The molecule has 27 heavy (non-hydrogen) atoms. The van der Waals surface area contributed by atoms with Gasteiger partial charge in [0.15, 0.2) is 0 Å². The van der Waals surface area contributed by atoms with E-state index in [1.165, 1.54) is 6.07 Å². The van der Waals surface area contributed by atoms with Crippen LogP contribution in [-0.4, -0.2) is 23.9 Å². The van der Waals surface area contributed by atoms with Gasteiger partial charge in [-0.2, -0.15) is 0 Å². The summed E-state index contributed by atoms with van der Waals surface area (Å²) in [7, 11) is 0. The normalized spacial score (nSPS) is 19.6. The summed E-state index contributed by atoms with van der Waals surface area (Å²) in [6.07, 6.45) is 1.13. The molecule has 1 fully saturated rings. The Kier molecular flexibility index (Phi) is 5.44. The first kappa shape index (κ1) is 18.9. The van der Waals surface area contributed by atoms with Gasteiger partial charge in [0, 0.05) is 30.4 Å². The molecule has 2 aromatic carbocycles. The maximum absolute atomic E-state index is 12.5. The zero-order chi connectivity index (χ0) is 19.6. The van der Waals surface area contributed by atoms with Crippen molar-refractivity contribution in [2.24, 2.45) is 11.8 Å². The molecule has 1 aliphatic heterocycles. The Labute approximate surface area is 159 Å². The van der Waals surface area contributed by atoms with Crippen molar-refractivity contribution in [2.75, 3.05) is 23.3 Å². The van der Waals surface area contributed by atoms with Gasteiger partial charge in [0.2, 0.25) is 0 Å². The highest BCUT2D eigenvalue weighted by Gasteiger charge is 2.27. The lowest BCUT2D eigenvalue weighted by Gasteiger charge is -2.36. The second-order valence-corrected chi connectivity index (χ2v) is 7.64. The van der Waals surface area contributed by atoms with Gasteiger partial charge in [-0.15, -0.1) is 0 Å². The minimum Gasteiger partial charge on any atom is -0.365 e. The number of benzene rings is 2. The van der Waals surface area contributed by atoms with Crippen LogP contribution < -0.4 is 10.2 Å². The Morgan fingerprint density at radius 2 is 1.85 bits per heavy atom. The third kappa shape index (κ3) is 4.45. The highest BCUT2D eigenvalue weighted by atomic mass is 16.6. The lowest BCUT2D eigenvalue weighted by atomic mass is 9.91. The van der Waals surface area contributed by atoms with Gasteiger partial charge in [0.05, 0.1) is 4.92 Å². The number of aryl methyl sites for hydroxylation is 1. The number of carbonyl (C=O) groups is 1. The molecule has 1 N–H and O–H groups in total. The molecule has 142 valence electrons. The van der Waals surface area contributed by atoms with E-state index in [9.17, 15) is 14.9 Å². The second kappa shape index (κ2) is 7.78. The number of hydrogen-bond donors (Lipinski definition) is 1. The first-order valence-corrected chi connectivity index (χ1v) is 9.25. The third-order valence-electron chi connectivity index (χ3n) is 4.92. The summed E-state index contributed by atoms with van der Waals surface area (Å²) in [5.74, 6) is 0.617. The monoisotopic (exact) mass is 367 g/mol. The van der Waals surface area contributed by atoms with Gasteiger partial charge in [-0.1, -0.05) is 26.0 Å². The lowest BCUT2D eigenvalue weighted by molar-refractivity contribution is -0.384. The molecule has 0 unspecified atom stereocenters. The Morgan fingerprint density at radius 3 is 2.48 bits per heavy atom. The number of nitrogens with one attached hydrogen (secondary N) is 1. The van der Waals surface area contributed by atoms with E-state index in [1.807, 2.05) is 25.1 Å². The van der Waals surface area contributed by atoms with Crippen molar-refractivity contribution in [1.29, 1.82) is 0 Å². The maximum Gasteiger partial charge on any atom is 0.293 e. The molecule has 0 spiro atoms. The quantitative estimate of drug-likeness (QED) is 0.631. The summed E-state index contributed by atoms with van der Waals surface area (Å²) in [6.45, 7) is 7.85. The fraction of sp³-hybridized carbons (Fsp3) is 0.381. The summed E-state index contributed by atoms with van der Waals surface area (Å²) in [5.41, 5.74) is 2.55. The van der Waals surface area contributed by atoms with E-state index in [4.69, 9.17) is 0 Å². The van der Waals surface area contributed by atoms with Gasteiger partial charge in [-0.3, -0.25) is 14.9 Å². The highest BCUT2D eigenvalue weighted by molar-refractivity contribution is 6.05. The SMILES string of the molecule is Cc1cccc(NC(=O)c2ccc(N3C[C@H](C)C[C@@H](C)C3)c([N+](=O)[O-])c2)c1. The summed E-state index contributed by atoms with van der Waals surface area (Å²) in [5, 5.41) is 14.5. The van der Waals surface area contributed by atoms with Crippen molar-refractivity contribution in [2.45, 2.75) is 27.2 Å². The van der Waals surface area contributed by atoms with E-state index < -0.39 is 4.92 Å². The average molecular weight is 367 g/mol. The highest BCUT2D eigenvalue weighted by Crippen LogP contribution is 2.34. The first-order valence-electron chi connectivity index (χ1n) is 9.25. The molecule has 6 nitrogen and oxygen atoms in total. The summed E-state index contributed by atoms with van der Waals surface area (Å²) >= 11 is 0. The molecule has 2 atom stereocenters. The molecule has 2 aromatic rings. The van der Waals surface area contributed by atoms with Gasteiger partial charge < -0.3 is 10.2 Å². The number of carbonyl (C=O) groups excluding carboxylic acids is 1. The number of piperidine rings is 1. The van der Waals surface area contributed by atoms with Crippen LogP contribution in [0.3, 0.4) is 0 Å². The minimum absolute atomic E-state index is 0.0202. The van der Waals surface area contributed by atoms with Crippen LogP contribution in [-0.2, 0) is 0 Å². The van der Waals surface area contributed by atoms with E-state index in [1.54, 1.807) is 18.2 Å². The molecule has 0 radical (unpaired) electrons. The number of amides is 1. The lowest BCUT2D eigenvalue weighted by Crippen LogP contribution is -2.39. The van der Waals surface area contributed by atoms with Gasteiger partial charge in [0.1, 0.15) is 5.69 Å². The van der Waals surface area contributed by atoms with E-state index in [2.05, 4.69) is 24.1 Å². The number of nitrogens with zero attached hydrogens (tertiary/aromatic N) is 2. The number of rotatable bonds is 4. The van der Waals surface area contributed by atoms with Crippen LogP contribution in [0.2, 0.25) is 0 Å². The predicted molar refractivity (Wildman–Crippen MR) is 107 cm³/mol. The first-order chi connectivity index (χ1) is 12.8. The second-order valence-electron chi connectivity index (χ2n) is 7.64. The molecule has 1 aliphatic rings. The Hall–Kier alpha value is -2.89. The van der Waals surface area contributed by atoms with Gasteiger partial charge in [-0.05, 0) is 55.0 Å². The molecular formula is C21H25N3O3. The number of nitro groups is 1. The molecule has 3 rings (SSSR count). The van der Waals surface area contributed by atoms with Crippen LogP contribution in [0.1, 0.15) is 36.2 Å². The molecule has 0 aliphatic carbocycles. The van der Waals surface area contributed by atoms with E-state index in [0.717, 1.165) is 25.1 Å². The summed E-state index contributed by atoms with van der Waals surface area (Å²) < 4.78 is 0. The van der Waals surface area contributed by atoms with Crippen LogP contribution in [0.5, 0.6) is 0 Å². The molecule has 1 amide bonds. The summed E-state index contributed by atoms with van der Waals surface area (Å²) in [6, 6.07) is 12.2. The van der Waals surface area contributed by atoms with Gasteiger partial charge in [-0.25, -0.2) is 0 Å². The van der Waals surface area contributed by atoms with Crippen molar-refractivity contribution in [1.82, 2.24) is 0 Å². The Morgan fingerprint density at radius 1 is 1.15 bits per heavy atom. The number of hydrogen-bond acceptors (Lipinski definition) is 4. The van der Waals surface area contributed by atoms with Crippen LogP contribution >= 0.6 is 0 Å². The van der Waals surface area contributed by atoms with Crippen molar-refractivity contribution in [3.8, 4) is 0 Å². The van der Waals surface area contributed by atoms with Crippen LogP contribution in [0.4, 0.5) is 17.1 Å². The molecule has 0 bridgehead atoms. The molecule has 1 heterocycles. The van der Waals surface area contributed by atoms with Crippen LogP contribution in [0.25, 0.3) is 0 Å². The van der Waals surface area contributed by atoms with Crippen molar-refractivity contribution < 1.29 is 9.72 Å². The topological polar surface area (TPSA) is 75.5 Å². The average Bonchev–Trinajstić information content (AvgIpc) is 2.60. The van der Waals surface area contributed by atoms with Crippen molar-refractivity contribution in [3.63, 3.8) is 0 Å². The van der Waals surface area contributed by atoms with E-state index in [0.29, 0.717) is 23.2 Å². The molecular weight excluding hydrogens is 342 g/mol. The molecule has 0 saturated carbocycles. The standard InChI is InChI=1S/C21H25N3O3/c1-14-5-4-6-18(10-14)22-21(25)17-7-8-19(20(11-17)24(26)27)23-12-15(2)9-16(3)13-23/h4-8,10-11,15-16H,9,12-13H2,1-3H3,(H,22,25)/t15-,16-/m1/s1. The third-order valence-corrected chi connectivity index (χ3v) is 4.92. The fourth-order valence-electron chi connectivity index (χ4n) is 3.86. The minimum atomic E-state index is -0.400. The summed E-state index contributed by atoms with van der Waals surface area (Å²) in [4.78, 5) is 25.9. The van der Waals surface area contributed by atoms with E-state index >= 15 is 0 Å². The van der Waals surface area contributed by atoms with Crippen LogP contribution in [0, 0.1) is 28.9 Å². The predicted octanol–water partition coefficient (Wildman–Crippen LogP) is 4.64. The van der Waals surface area contributed by atoms with Crippen molar-refractivity contribution in [3.05, 3.63) is 63.7 Å². The zero-order valence-corrected chi connectivity index (χ0v) is 15.9. The molecule has 6 heteroatoms. The smallest absolute Gasteiger partial charge is 0.293 e. The zero-order valence-electron chi connectivity index (χ0n) is 15.9. The van der Waals surface area contributed by atoms with Crippen molar-refractivity contribution >= 4 is 23.0 Å². The largest absolute Gasteiger partial charge is 0.365 e. The molecule has 1 saturated heterocycles. The van der Waals surface area contributed by atoms with Crippen LogP contribution in [0.15, 0.2) is 42.5 Å². The van der Waals surface area contributed by atoms with E-state index in [-0.39, 0.29) is 17.2 Å². The fourth-order valence-corrected chi connectivity index (χ4v) is 3.86. The van der Waals surface area contributed by atoms with Gasteiger partial charge >= 0.3 is 0 Å². The maximum atomic E-state index is 12.5. The number of nitro benzene ring substituents is 1. The Balaban J connectivity index is 1.87.